The highest BCUT2D eigenvalue weighted by atomic mass is 35.5. The van der Waals surface area contributed by atoms with Crippen LogP contribution in [0.15, 0.2) is 72.8 Å². The number of para-hydroxylation sites is 2. The second-order valence-electron chi connectivity index (χ2n) is 5.53. The Balaban J connectivity index is 1.90. The van der Waals surface area contributed by atoms with Crippen LogP contribution in [-0.4, -0.2) is 5.78 Å². The first-order valence-electron chi connectivity index (χ1n) is 7.60. The predicted octanol–water partition coefficient (Wildman–Crippen LogP) is 5.87. The molecule has 0 unspecified atom stereocenters. The van der Waals surface area contributed by atoms with Crippen molar-refractivity contribution < 1.29 is 9.53 Å². The van der Waals surface area contributed by atoms with Gasteiger partial charge in [0.25, 0.3) is 0 Å². The highest BCUT2D eigenvalue weighted by Gasteiger charge is 2.22. The van der Waals surface area contributed by atoms with Gasteiger partial charge in [-0.1, -0.05) is 48.0 Å². The van der Waals surface area contributed by atoms with Crippen LogP contribution in [0.2, 0.25) is 5.02 Å². The van der Waals surface area contributed by atoms with Gasteiger partial charge in [0.05, 0.1) is 0 Å². The molecular weight excluding hydrogens is 320 g/mol. The van der Waals surface area contributed by atoms with Gasteiger partial charge in [-0.25, -0.2) is 0 Å². The molecule has 0 fully saturated rings. The summed E-state index contributed by atoms with van der Waals surface area (Å²) in [6.07, 6.45) is 1.89. The lowest BCUT2D eigenvalue weighted by atomic mass is 9.94. The number of ether oxygens (including phenoxy) is 1. The Morgan fingerprint density at radius 2 is 1.46 bits per heavy atom. The second kappa shape index (κ2) is 5.99. The van der Waals surface area contributed by atoms with Gasteiger partial charge >= 0.3 is 0 Å². The maximum atomic E-state index is 13.1. The molecule has 0 atom stereocenters. The lowest BCUT2D eigenvalue weighted by Crippen LogP contribution is -2.02. The maximum Gasteiger partial charge on any atom is 0.193 e. The van der Waals surface area contributed by atoms with E-state index in [1.807, 2.05) is 54.6 Å². The number of benzene rings is 3. The number of ketones is 1. The van der Waals surface area contributed by atoms with E-state index in [4.69, 9.17) is 16.3 Å². The van der Waals surface area contributed by atoms with Gasteiger partial charge in [0.2, 0.25) is 0 Å². The molecule has 0 radical (unpaired) electrons. The molecule has 1 aliphatic heterocycles. The number of carbonyl (C=O) groups is 1. The topological polar surface area (TPSA) is 26.3 Å². The van der Waals surface area contributed by atoms with E-state index in [2.05, 4.69) is 0 Å². The van der Waals surface area contributed by atoms with Gasteiger partial charge in [-0.15, -0.1) is 0 Å². The Bertz CT molecular complexity index is 956. The minimum absolute atomic E-state index is 0.0561. The average molecular weight is 333 g/mol. The monoisotopic (exact) mass is 332 g/mol. The van der Waals surface area contributed by atoms with E-state index in [1.165, 1.54) is 0 Å². The zero-order chi connectivity index (χ0) is 16.5. The van der Waals surface area contributed by atoms with E-state index in [9.17, 15) is 4.79 Å². The lowest BCUT2D eigenvalue weighted by Gasteiger charge is -2.10. The van der Waals surface area contributed by atoms with E-state index in [0.717, 1.165) is 16.9 Å². The summed E-state index contributed by atoms with van der Waals surface area (Å²) in [5.74, 6) is 1.36. The van der Waals surface area contributed by atoms with Crippen molar-refractivity contribution in [3.8, 4) is 11.5 Å². The van der Waals surface area contributed by atoms with Crippen molar-refractivity contribution in [1.29, 1.82) is 0 Å². The quantitative estimate of drug-likeness (QED) is 0.549. The first kappa shape index (κ1) is 14.7. The molecule has 3 heteroatoms. The molecule has 0 saturated heterocycles. The summed E-state index contributed by atoms with van der Waals surface area (Å²) in [5, 5.41) is 0.607. The van der Waals surface area contributed by atoms with Crippen molar-refractivity contribution in [2.75, 3.05) is 0 Å². The van der Waals surface area contributed by atoms with E-state index in [-0.39, 0.29) is 5.78 Å². The van der Waals surface area contributed by atoms with Crippen molar-refractivity contribution >= 4 is 29.0 Å². The highest BCUT2D eigenvalue weighted by molar-refractivity contribution is 6.34. The zero-order valence-electron chi connectivity index (χ0n) is 12.7. The van der Waals surface area contributed by atoms with Crippen molar-refractivity contribution in [1.82, 2.24) is 0 Å². The number of halogens is 1. The molecule has 1 heterocycles. The van der Waals surface area contributed by atoms with Gasteiger partial charge in [0.1, 0.15) is 11.5 Å². The third kappa shape index (κ3) is 2.61. The van der Waals surface area contributed by atoms with Crippen LogP contribution in [0.4, 0.5) is 0 Å². The van der Waals surface area contributed by atoms with E-state index < -0.39 is 0 Å². The first-order chi connectivity index (χ1) is 11.7. The Kier molecular flexibility index (Phi) is 3.68. The summed E-state index contributed by atoms with van der Waals surface area (Å²) in [5.41, 5.74) is 2.87. The third-order valence-electron chi connectivity index (χ3n) is 3.97. The molecule has 3 aromatic rings. The smallest absolute Gasteiger partial charge is 0.193 e. The third-order valence-corrected chi connectivity index (χ3v) is 4.22. The Hall–Kier alpha value is -2.84. The van der Waals surface area contributed by atoms with Crippen LogP contribution in [0, 0.1) is 0 Å². The standard InChI is InChI=1S/C21H13ClO2/c22-16-11-9-14(10-12-16)21(23)18-13-15-5-1-3-7-19(15)24-20-8-4-2-6-17(18)20/h1-13H. The SMILES string of the molecule is O=C(C1=Cc2ccccc2Oc2ccccc21)c1ccc(Cl)cc1. The van der Waals surface area contributed by atoms with Gasteiger partial charge in [-0.3, -0.25) is 4.79 Å². The predicted molar refractivity (Wildman–Crippen MR) is 96.6 cm³/mol. The van der Waals surface area contributed by atoms with Gasteiger partial charge in [0, 0.05) is 27.3 Å². The number of allylic oxidation sites excluding steroid dienone is 1. The second-order valence-corrected chi connectivity index (χ2v) is 5.97. The van der Waals surface area contributed by atoms with Gasteiger partial charge in [-0.2, -0.15) is 0 Å². The molecule has 116 valence electrons. The average Bonchev–Trinajstić information content (AvgIpc) is 2.78. The van der Waals surface area contributed by atoms with Gasteiger partial charge < -0.3 is 4.74 Å². The van der Waals surface area contributed by atoms with Crippen LogP contribution in [0.5, 0.6) is 11.5 Å². The van der Waals surface area contributed by atoms with E-state index in [1.54, 1.807) is 24.3 Å². The summed E-state index contributed by atoms with van der Waals surface area (Å²) in [6, 6.07) is 22.2. The minimum Gasteiger partial charge on any atom is -0.456 e. The number of rotatable bonds is 2. The maximum absolute atomic E-state index is 13.1. The van der Waals surface area contributed by atoms with E-state index >= 15 is 0 Å². The number of hydrogen-bond donors (Lipinski definition) is 0. The number of Topliss-reactive ketones (excluding diaryl/α,β-unsaturated/α-hetero) is 1. The van der Waals surface area contributed by atoms with Crippen LogP contribution in [0.1, 0.15) is 21.5 Å². The molecule has 0 spiro atoms. The van der Waals surface area contributed by atoms with Crippen LogP contribution in [0.3, 0.4) is 0 Å². The van der Waals surface area contributed by atoms with Crippen molar-refractivity contribution in [2.45, 2.75) is 0 Å². The zero-order valence-corrected chi connectivity index (χ0v) is 13.5. The van der Waals surface area contributed by atoms with E-state index in [0.29, 0.717) is 21.9 Å². The molecule has 2 nitrogen and oxygen atoms in total. The fraction of sp³-hybridized carbons (Fsp3) is 0. The van der Waals surface area contributed by atoms with Crippen LogP contribution in [-0.2, 0) is 0 Å². The largest absolute Gasteiger partial charge is 0.456 e. The molecule has 0 amide bonds. The number of fused-ring (bicyclic) bond motifs is 2. The molecule has 1 aliphatic rings. The molecular formula is C21H13ClO2. The van der Waals surface area contributed by atoms with Crippen LogP contribution in [0.25, 0.3) is 11.6 Å². The fourth-order valence-corrected chi connectivity index (χ4v) is 2.89. The Morgan fingerprint density at radius 1 is 0.792 bits per heavy atom. The molecule has 24 heavy (non-hydrogen) atoms. The molecule has 0 aliphatic carbocycles. The normalized spacial score (nSPS) is 12.3. The summed E-state index contributed by atoms with van der Waals surface area (Å²) in [6.45, 7) is 0. The number of hydrogen-bond acceptors (Lipinski definition) is 2. The molecule has 3 aromatic carbocycles. The van der Waals surface area contributed by atoms with Gasteiger partial charge in [0.15, 0.2) is 5.78 Å². The van der Waals surface area contributed by atoms with Crippen LogP contribution >= 0.6 is 11.6 Å². The van der Waals surface area contributed by atoms with Gasteiger partial charge in [-0.05, 0) is 42.5 Å². The lowest BCUT2D eigenvalue weighted by molar-refractivity contribution is 0.105. The first-order valence-corrected chi connectivity index (χ1v) is 7.98. The summed E-state index contributed by atoms with van der Waals surface area (Å²) in [4.78, 5) is 13.1. The van der Waals surface area contributed by atoms with Crippen molar-refractivity contribution in [3.05, 3.63) is 94.5 Å². The molecule has 4 rings (SSSR count). The molecule has 0 N–H and O–H groups in total. The molecule has 0 bridgehead atoms. The van der Waals surface area contributed by atoms with Crippen LogP contribution < -0.4 is 4.74 Å². The minimum atomic E-state index is -0.0561. The Morgan fingerprint density at radius 3 is 2.25 bits per heavy atom. The number of carbonyl (C=O) groups excluding carboxylic acids is 1. The summed E-state index contributed by atoms with van der Waals surface area (Å²) < 4.78 is 6.01. The van der Waals surface area contributed by atoms with Crippen molar-refractivity contribution in [2.24, 2.45) is 0 Å². The molecule has 0 aromatic heterocycles. The summed E-state index contributed by atoms with van der Waals surface area (Å²) in [7, 11) is 0. The highest BCUT2D eigenvalue weighted by Crippen LogP contribution is 2.38. The summed E-state index contributed by atoms with van der Waals surface area (Å²) >= 11 is 5.93. The molecule has 0 saturated carbocycles. The van der Waals surface area contributed by atoms with Crippen molar-refractivity contribution in [3.63, 3.8) is 0 Å². The fourth-order valence-electron chi connectivity index (χ4n) is 2.77. The Labute approximate surface area is 145 Å².